The highest BCUT2D eigenvalue weighted by Crippen LogP contribution is 2.38. The maximum absolute atomic E-state index is 12.1. The molecule has 3 rings (SSSR count). The Hall–Kier alpha value is -2.81. The minimum absolute atomic E-state index is 0.0306. The van der Waals surface area contributed by atoms with E-state index in [1.54, 1.807) is 19.2 Å². The van der Waals surface area contributed by atoms with E-state index in [0.29, 0.717) is 42.4 Å². The minimum Gasteiger partial charge on any atom is -0.493 e. The van der Waals surface area contributed by atoms with Gasteiger partial charge >= 0.3 is 5.97 Å². The van der Waals surface area contributed by atoms with E-state index in [4.69, 9.17) is 23.7 Å². The van der Waals surface area contributed by atoms with Gasteiger partial charge in [-0.05, 0) is 43.6 Å². The van der Waals surface area contributed by atoms with Crippen molar-refractivity contribution in [1.29, 1.82) is 0 Å². The molecule has 8 heteroatoms. The SMILES string of the molecule is COC(=O)c1cc(OC)c(OC)c(OCCC(CCN2CCCNCC2)OCc2ccccc2)c1. The summed E-state index contributed by atoms with van der Waals surface area (Å²) in [7, 11) is 4.41. The fraction of sp³-hybridized carbons (Fsp3) is 0.519. The van der Waals surface area contributed by atoms with E-state index < -0.39 is 5.97 Å². The number of methoxy groups -OCH3 is 3. The Morgan fingerprint density at radius 3 is 2.54 bits per heavy atom. The first-order valence-electron chi connectivity index (χ1n) is 12.2. The monoisotopic (exact) mass is 486 g/mol. The Bertz CT molecular complexity index is 900. The first-order valence-corrected chi connectivity index (χ1v) is 12.2. The number of ether oxygens (including phenoxy) is 5. The van der Waals surface area contributed by atoms with E-state index in [1.165, 1.54) is 14.2 Å². The summed E-state index contributed by atoms with van der Waals surface area (Å²) in [5.41, 5.74) is 1.49. The standard InChI is InChI=1S/C27H38N2O6/c1-31-24-18-22(27(30)33-3)19-25(26(24)32-2)34-17-11-23(35-20-21-8-5-4-6-9-21)10-15-29-14-7-12-28-13-16-29/h4-6,8-9,18-19,23,28H,7,10-17,20H2,1-3H3. The van der Waals surface area contributed by atoms with Gasteiger partial charge in [-0.25, -0.2) is 4.79 Å². The normalized spacial score (nSPS) is 15.2. The lowest BCUT2D eigenvalue weighted by atomic mass is 10.1. The van der Waals surface area contributed by atoms with Crippen molar-refractivity contribution >= 4 is 5.97 Å². The van der Waals surface area contributed by atoms with Crippen LogP contribution in [0.4, 0.5) is 0 Å². The van der Waals surface area contributed by atoms with E-state index in [2.05, 4.69) is 22.3 Å². The number of carbonyl (C=O) groups is 1. The highest BCUT2D eigenvalue weighted by Gasteiger charge is 2.19. The fourth-order valence-electron chi connectivity index (χ4n) is 4.12. The van der Waals surface area contributed by atoms with Gasteiger partial charge in [-0.15, -0.1) is 0 Å². The van der Waals surface area contributed by atoms with Crippen molar-refractivity contribution in [2.75, 3.05) is 60.7 Å². The van der Waals surface area contributed by atoms with Gasteiger partial charge in [0, 0.05) is 26.1 Å². The minimum atomic E-state index is -0.466. The molecule has 1 aliphatic heterocycles. The molecule has 2 aromatic carbocycles. The number of hydrogen-bond acceptors (Lipinski definition) is 8. The van der Waals surface area contributed by atoms with Gasteiger partial charge in [0.15, 0.2) is 11.5 Å². The van der Waals surface area contributed by atoms with E-state index in [1.807, 2.05) is 18.2 Å². The zero-order valence-electron chi connectivity index (χ0n) is 21.1. The van der Waals surface area contributed by atoms with Gasteiger partial charge < -0.3 is 33.9 Å². The van der Waals surface area contributed by atoms with E-state index >= 15 is 0 Å². The smallest absolute Gasteiger partial charge is 0.338 e. The van der Waals surface area contributed by atoms with Crippen LogP contribution in [0.15, 0.2) is 42.5 Å². The predicted octanol–water partition coefficient (Wildman–Crippen LogP) is 3.53. The Labute approximate surface area is 208 Å². The summed E-state index contributed by atoms with van der Waals surface area (Å²) < 4.78 is 28.1. The lowest BCUT2D eigenvalue weighted by Gasteiger charge is -2.24. The molecule has 0 spiro atoms. The van der Waals surface area contributed by atoms with Gasteiger partial charge in [0.05, 0.1) is 46.2 Å². The quantitative estimate of drug-likeness (QED) is 0.431. The van der Waals surface area contributed by atoms with E-state index in [9.17, 15) is 4.79 Å². The molecule has 0 aromatic heterocycles. The zero-order chi connectivity index (χ0) is 24.9. The molecule has 35 heavy (non-hydrogen) atoms. The molecule has 1 aliphatic rings. The third-order valence-electron chi connectivity index (χ3n) is 6.09. The Kier molecular flexibility index (Phi) is 11.1. The van der Waals surface area contributed by atoms with Crippen molar-refractivity contribution in [3.63, 3.8) is 0 Å². The fourth-order valence-corrected chi connectivity index (χ4v) is 4.12. The van der Waals surface area contributed by atoms with Crippen LogP contribution >= 0.6 is 0 Å². The molecule has 1 heterocycles. The van der Waals surface area contributed by atoms with Crippen LogP contribution in [0.2, 0.25) is 0 Å². The summed E-state index contributed by atoms with van der Waals surface area (Å²) in [6.07, 6.45) is 2.81. The third-order valence-corrected chi connectivity index (χ3v) is 6.09. The molecule has 1 unspecified atom stereocenters. The molecule has 0 radical (unpaired) electrons. The van der Waals surface area contributed by atoms with Crippen LogP contribution in [-0.2, 0) is 16.1 Å². The Balaban J connectivity index is 1.64. The van der Waals surface area contributed by atoms with Gasteiger partial charge in [0.1, 0.15) is 0 Å². The van der Waals surface area contributed by atoms with Gasteiger partial charge in [-0.3, -0.25) is 0 Å². The van der Waals surface area contributed by atoms with E-state index in [0.717, 1.165) is 51.1 Å². The molecule has 192 valence electrons. The summed E-state index contributed by atoms with van der Waals surface area (Å²) in [6.45, 7) is 6.21. The molecule has 0 aliphatic carbocycles. The van der Waals surface area contributed by atoms with Crippen molar-refractivity contribution in [2.45, 2.75) is 32.0 Å². The highest BCUT2D eigenvalue weighted by atomic mass is 16.5. The molecule has 1 N–H and O–H groups in total. The summed E-state index contributed by atoms with van der Waals surface area (Å²) in [5, 5.41) is 3.45. The molecule has 2 aromatic rings. The largest absolute Gasteiger partial charge is 0.493 e. The highest BCUT2D eigenvalue weighted by molar-refractivity contribution is 5.91. The summed E-state index contributed by atoms with van der Waals surface area (Å²) in [4.78, 5) is 14.6. The number of rotatable bonds is 13. The van der Waals surface area contributed by atoms with Gasteiger partial charge in [-0.1, -0.05) is 30.3 Å². The molecule has 1 saturated heterocycles. The van der Waals surface area contributed by atoms with Crippen LogP contribution in [0, 0.1) is 0 Å². The van der Waals surface area contributed by atoms with Crippen LogP contribution in [-0.4, -0.2) is 77.6 Å². The average Bonchev–Trinajstić information content (AvgIpc) is 3.18. The van der Waals surface area contributed by atoms with Crippen LogP contribution in [0.3, 0.4) is 0 Å². The first kappa shape index (κ1) is 26.8. The van der Waals surface area contributed by atoms with Crippen LogP contribution in [0.25, 0.3) is 0 Å². The molecule has 0 saturated carbocycles. The van der Waals surface area contributed by atoms with Crippen molar-refractivity contribution < 1.29 is 28.5 Å². The number of carbonyl (C=O) groups excluding carboxylic acids is 1. The number of nitrogens with zero attached hydrogens (tertiary/aromatic N) is 1. The van der Waals surface area contributed by atoms with Gasteiger partial charge in [0.2, 0.25) is 5.75 Å². The maximum atomic E-state index is 12.1. The molecule has 1 fully saturated rings. The predicted molar refractivity (Wildman–Crippen MR) is 135 cm³/mol. The molecular formula is C27H38N2O6. The second kappa shape index (κ2) is 14.6. The van der Waals surface area contributed by atoms with Crippen molar-refractivity contribution in [2.24, 2.45) is 0 Å². The maximum Gasteiger partial charge on any atom is 0.338 e. The molecule has 8 nitrogen and oxygen atoms in total. The van der Waals surface area contributed by atoms with Gasteiger partial charge in [0.25, 0.3) is 0 Å². The van der Waals surface area contributed by atoms with Crippen molar-refractivity contribution in [3.8, 4) is 17.2 Å². The van der Waals surface area contributed by atoms with Crippen LogP contribution in [0.5, 0.6) is 17.2 Å². The van der Waals surface area contributed by atoms with Crippen LogP contribution < -0.4 is 19.5 Å². The first-order chi connectivity index (χ1) is 17.1. The second-order valence-corrected chi connectivity index (χ2v) is 8.49. The summed E-state index contributed by atoms with van der Waals surface area (Å²) >= 11 is 0. The van der Waals surface area contributed by atoms with Crippen molar-refractivity contribution in [1.82, 2.24) is 10.2 Å². The summed E-state index contributed by atoms with van der Waals surface area (Å²) in [6, 6.07) is 13.4. The van der Waals surface area contributed by atoms with Crippen molar-refractivity contribution in [3.05, 3.63) is 53.6 Å². The van der Waals surface area contributed by atoms with E-state index in [-0.39, 0.29) is 6.10 Å². The van der Waals surface area contributed by atoms with Crippen LogP contribution in [0.1, 0.15) is 35.2 Å². The third kappa shape index (κ3) is 8.42. The second-order valence-electron chi connectivity index (χ2n) is 8.49. The number of nitrogens with one attached hydrogen (secondary N) is 1. The number of benzene rings is 2. The Morgan fingerprint density at radius 1 is 1.00 bits per heavy atom. The summed E-state index contributed by atoms with van der Waals surface area (Å²) in [5.74, 6) is 0.829. The lowest BCUT2D eigenvalue weighted by Crippen LogP contribution is -2.32. The molecule has 0 bridgehead atoms. The lowest BCUT2D eigenvalue weighted by molar-refractivity contribution is 0.0151. The Morgan fingerprint density at radius 2 is 1.80 bits per heavy atom. The molecule has 1 atom stereocenters. The zero-order valence-corrected chi connectivity index (χ0v) is 21.1. The molecular weight excluding hydrogens is 448 g/mol. The number of esters is 1. The molecule has 0 amide bonds. The average molecular weight is 487 g/mol. The van der Waals surface area contributed by atoms with Gasteiger partial charge in [-0.2, -0.15) is 0 Å². The topological polar surface area (TPSA) is 78.5 Å². The number of hydrogen-bond donors (Lipinski definition) is 1.